The predicted octanol–water partition coefficient (Wildman–Crippen LogP) is 3.23. The highest BCUT2D eigenvalue weighted by Gasteiger charge is 2.34. The SMILES string of the molecule is CC1CN(S(=O)(=O)c2ccc(Br)cc2F)CCC1Cl. The first-order valence-corrected chi connectivity index (χ1v) is 8.58. The van der Waals surface area contributed by atoms with E-state index >= 15 is 0 Å². The molecule has 0 N–H and O–H groups in total. The van der Waals surface area contributed by atoms with Crippen molar-refractivity contribution in [3.63, 3.8) is 0 Å². The van der Waals surface area contributed by atoms with Crippen LogP contribution >= 0.6 is 27.5 Å². The van der Waals surface area contributed by atoms with Crippen LogP contribution in [-0.4, -0.2) is 31.2 Å². The number of nitrogens with zero attached hydrogens (tertiary/aromatic N) is 1. The zero-order valence-corrected chi connectivity index (χ0v) is 13.5. The van der Waals surface area contributed by atoms with E-state index in [-0.39, 0.29) is 16.2 Å². The molecule has 0 bridgehead atoms. The Bertz CT molecular complexity index is 581. The molecule has 106 valence electrons. The Morgan fingerprint density at radius 3 is 2.74 bits per heavy atom. The number of hydrogen-bond acceptors (Lipinski definition) is 2. The van der Waals surface area contributed by atoms with Gasteiger partial charge in [0, 0.05) is 22.9 Å². The summed E-state index contributed by atoms with van der Waals surface area (Å²) in [6, 6.07) is 3.96. The van der Waals surface area contributed by atoms with E-state index in [0.717, 1.165) is 6.07 Å². The minimum absolute atomic E-state index is 0.0267. The van der Waals surface area contributed by atoms with E-state index < -0.39 is 15.8 Å². The number of halogens is 3. The molecule has 2 rings (SSSR count). The quantitative estimate of drug-likeness (QED) is 0.750. The zero-order chi connectivity index (χ0) is 14.2. The maximum atomic E-state index is 13.8. The number of rotatable bonds is 2. The summed E-state index contributed by atoms with van der Waals surface area (Å²) in [5, 5.41) is -0.0267. The first-order valence-electron chi connectivity index (χ1n) is 5.91. The first-order chi connectivity index (χ1) is 8.82. The molecule has 1 aromatic carbocycles. The van der Waals surface area contributed by atoms with Crippen molar-refractivity contribution in [3.05, 3.63) is 28.5 Å². The van der Waals surface area contributed by atoms with Gasteiger partial charge in [-0.2, -0.15) is 4.31 Å². The van der Waals surface area contributed by atoms with Crippen molar-refractivity contribution in [2.75, 3.05) is 13.1 Å². The Hall–Kier alpha value is -0.170. The highest BCUT2D eigenvalue weighted by Crippen LogP contribution is 2.28. The molecule has 7 heteroatoms. The average Bonchev–Trinajstić information content (AvgIpc) is 2.32. The highest BCUT2D eigenvalue weighted by atomic mass is 79.9. The average molecular weight is 371 g/mol. The summed E-state index contributed by atoms with van der Waals surface area (Å²) in [4.78, 5) is -0.282. The lowest BCUT2D eigenvalue weighted by atomic mass is 10.0. The summed E-state index contributed by atoms with van der Waals surface area (Å²) in [6.45, 7) is 2.56. The van der Waals surface area contributed by atoms with Crippen molar-refractivity contribution in [2.45, 2.75) is 23.6 Å². The summed E-state index contributed by atoms with van der Waals surface area (Å²) in [5.41, 5.74) is 0. The molecule has 0 aliphatic carbocycles. The Kier molecular flexibility index (Phi) is 4.55. The fourth-order valence-corrected chi connectivity index (χ4v) is 4.23. The van der Waals surface area contributed by atoms with Gasteiger partial charge in [0.1, 0.15) is 10.7 Å². The van der Waals surface area contributed by atoms with Crippen molar-refractivity contribution in [2.24, 2.45) is 5.92 Å². The van der Waals surface area contributed by atoms with E-state index in [1.165, 1.54) is 16.4 Å². The van der Waals surface area contributed by atoms with Gasteiger partial charge in [0.15, 0.2) is 0 Å². The van der Waals surface area contributed by atoms with Gasteiger partial charge in [0.25, 0.3) is 0 Å². The normalized spacial score (nSPS) is 25.5. The van der Waals surface area contributed by atoms with Crippen LogP contribution in [0, 0.1) is 11.7 Å². The maximum Gasteiger partial charge on any atom is 0.245 e. The summed E-state index contributed by atoms with van der Waals surface area (Å²) in [5.74, 6) is -0.682. The van der Waals surface area contributed by atoms with E-state index in [1.54, 1.807) is 0 Å². The van der Waals surface area contributed by atoms with Crippen molar-refractivity contribution in [1.82, 2.24) is 4.31 Å². The molecule has 0 saturated carbocycles. The van der Waals surface area contributed by atoms with Gasteiger partial charge in [-0.05, 0) is 30.5 Å². The second-order valence-electron chi connectivity index (χ2n) is 4.72. The maximum absolute atomic E-state index is 13.8. The van der Waals surface area contributed by atoms with Gasteiger partial charge >= 0.3 is 0 Å². The molecule has 0 amide bonds. The second kappa shape index (κ2) is 5.68. The van der Waals surface area contributed by atoms with Gasteiger partial charge in [0.2, 0.25) is 10.0 Å². The fourth-order valence-electron chi connectivity index (χ4n) is 2.12. The third-order valence-electron chi connectivity index (χ3n) is 3.28. The standard InChI is InChI=1S/C12H14BrClFNO2S/c1-8-7-16(5-4-10(8)14)19(17,18)12-3-2-9(13)6-11(12)15/h2-3,6,8,10H,4-5,7H2,1H3. The van der Waals surface area contributed by atoms with Gasteiger partial charge < -0.3 is 0 Å². The summed E-state index contributed by atoms with van der Waals surface area (Å²) < 4.78 is 40.4. The van der Waals surface area contributed by atoms with Gasteiger partial charge in [-0.15, -0.1) is 11.6 Å². The zero-order valence-electron chi connectivity index (χ0n) is 10.3. The van der Waals surface area contributed by atoms with Crippen LogP contribution < -0.4 is 0 Å². The van der Waals surface area contributed by atoms with Crippen molar-refractivity contribution in [3.8, 4) is 0 Å². The number of piperidine rings is 1. The van der Waals surface area contributed by atoms with Gasteiger partial charge in [-0.1, -0.05) is 22.9 Å². The van der Waals surface area contributed by atoms with Crippen LogP contribution in [-0.2, 0) is 10.0 Å². The minimum atomic E-state index is -3.79. The molecule has 1 saturated heterocycles. The number of benzene rings is 1. The molecule has 0 radical (unpaired) electrons. The molecule has 1 aromatic rings. The van der Waals surface area contributed by atoms with E-state index in [9.17, 15) is 12.8 Å². The monoisotopic (exact) mass is 369 g/mol. The van der Waals surface area contributed by atoms with E-state index in [1.807, 2.05) is 6.92 Å². The number of hydrogen-bond donors (Lipinski definition) is 0. The molecular formula is C12H14BrClFNO2S. The Morgan fingerprint density at radius 2 is 2.16 bits per heavy atom. The molecular weight excluding hydrogens is 357 g/mol. The first kappa shape index (κ1) is 15.2. The Morgan fingerprint density at radius 1 is 1.47 bits per heavy atom. The van der Waals surface area contributed by atoms with Gasteiger partial charge in [-0.3, -0.25) is 0 Å². The van der Waals surface area contributed by atoms with Crippen LogP contribution in [0.25, 0.3) is 0 Å². The molecule has 1 aliphatic rings. The lowest BCUT2D eigenvalue weighted by Crippen LogP contribution is -2.43. The van der Waals surface area contributed by atoms with Crippen LogP contribution in [0.5, 0.6) is 0 Å². The molecule has 2 atom stereocenters. The van der Waals surface area contributed by atoms with E-state index in [0.29, 0.717) is 24.0 Å². The Labute approximate surface area is 125 Å². The molecule has 19 heavy (non-hydrogen) atoms. The molecule has 0 spiro atoms. The van der Waals surface area contributed by atoms with E-state index in [2.05, 4.69) is 15.9 Å². The Balaban J connectivity index is 2.32. The topological polar surface area (TPSA) is 37.4 Å². The van der Waals surface area contributed by atoms with Crippen LogP contribution in [0.1, 0.15) is 13.3 Å². The smallest absolute Gasteiger partial charge is 0.207 e. The third-order valence-corrected chi connectivity index (χ3v) is 6.32. The molecule has 1 aliphatic heterocycles. The number of alkyl halides is 1. The lowest BCUT2D eigenvalue weighted by molar-refractivity contribution is 0.285. The molecule has 2 unspecified atom stereocenters. The van der Waals surface area contributed by atoms with Crippen molar-refractivity contribution < 1.29 is 12.8 Å². The molecule has 1 heterocycles. The summed E-state index contributed by atoms with van der Waals surface area (Å²) in [7, 11) is -3.79. The van der Waals surface area contributed by atoms with Gasteiger partial charge in [0.05, 0.1) is 0 Å². The minimum Gasteiger partial charge on any atom is -0.207 e. The predicted molar refractivity (Wildman–Crippen MR) is 76.3 cm³/mol. The second-order valence-corrected chi connectivity index (χ2v) is 8.10. The molecule has 1 fully saturated rings. The highest BCUT2D eigenvalue weighted by molar-refractivity contribution is 9.10. The lowest BCUT2D eigenvalue weighted by Gasteiger charge is -2.33. The molecule has 3 nitrogen and oxygen atoms in total. The van der Waals surface area contributed by atoms with Crippen molar-refractivity contribution >= 4 is 37.6 Å². The largest absolute Gasteiger partial charge is 0.245 e. The van der Waals surface area contributed by atoms with Gasteiger partial charge in [-0.25, -0.2) is 12.8 Å². The number of sulfonamides is 1. The summed E-state index contributed by atoms with van der Waals surface area (Å²) >= 11 is 9.19. The molecule has 0 aromatic heterocycles. The van der Waals surface area contributed by atoms with Crippen LogP contribution in [0.4, 0.5) is 4.39 Å². The van der Waals surface area contributed by atoms with Crippen LogP contribution in [0.15, 0.2) is 27.6 Å². The van der Waals surface area contributed by atoms with E-state index in [4.69, 9.17) is 11.6 Å². The fraction of sp³-hybridized carbons (Fsp3) is 0.500. The summed E-state index contributed by atoms with van der Waals surface area (Å²) in [6.07, 6.45) is 0.583. The third kappa shape index (κ3) is 3.12. The van der Waals surface area contributed by atoms with Crippen LogP contribution in [0.2, 0.25) is 0 Å². The van der Waals surface area contributed by atoms with Crippen LogP contribution in [0.3, 0.4) is 0 Å². The van der Waals surface area contributed by atoms with Crippen molar-refractivity contribution in [1.29, 1.82) is 0 Å².